The summed E-state index contributed by atoms with van der Waals surface area (Å²) < 4.78 is 45.5. The van der Waals surface area contributed by atoms with Crippen molar-refractivity contribution in [2.75, 3.05) is 51.1 Å². The summed E-state index contributed by atoms with van der Waals surface area (Å²) in [5.74, 6) is 1.55. The lowest BCUT2D eigenvalue weighted by atomic mass is 9.99. The third-order valence-corrected chi connectivity index (χ3v) is 8.89. The van der Waals surface area contributed by atoms with Gasteiger partial charge < -0.3 is 9.64 Å². The minimum Gasteiger partial charge on any atom is -0.493 e. The Bertz CT molecular complexity index is 1240. The van der Waals surface area contributed by atoms with E-state index in [2.05, 4.69) is 28.3 Å². The molecule has 3 rings (SSSR count). The molecule has 0 spiro atoms. The van der Waals surface area contributed by atoms with Crippen molar-refractivity contribution in [3.8, 4) is 11.8 Å². The molecule has 0 N–H and O–H groups in total. The summed E-state index contributed by atoms with van der Waals surface area (Å²) in [4.78, 5) is 3.01. The van der Waals surface area contributed by atoms with Crippen LogP contribution in [0.25, 0.3) is 0 Å². The van der Waals surface area contributed by atoms with Gasteiger partial charge in [-0.25, -0.2) is 17.0 Å². The minimum atomic E-state index is -3.13. The highest BCUT2D eigenvalue weighted by Crippen LogP contribution is 2.25. The van der Waals surface area contributed by atoms with Gasteiger partial charge in [-0.05, 0) is 54.3 Å². The molecule has 0 aromatic heterocycles. The summed E-state index contributed by atoms with van der Waals surface area (Å²) in [5.41, 5.74) is 1.88. The first-order chi connectivity index (χ1) is 16.1. The first-order valence-electron chi connectivity index (χ1n) is 11.4. The van der Waals surface area contributed by atoms with Crippen LogP contribution >= 0.6 is 0 Å². The zero-order valence-electron chi connectivity index (χ0n) is 20.0. The lowest BCUT2D eigenvalue weighted by Crippen LogP contribution is -2.24. The zero-order chi connectivity index (χ0) is 24.8. The predicted octanol–water partition coefficient (Wildman–Crippen LogP) is 3.25. The number of nitrogens with zero attached hydrogens (tertiary/aromatic N) is 3. The SMILES string of the molecule is C[C@@H]1CN(CCc2cccc(C#N)c2)C[C@H]1COc1ccc(S(C)(=O)=NCCS(C)(=O)=O)cc1. The van der Waals surface area contributed by atoms with E-state index in [1.807, 2.05) is 18.2 Å². The van der Waals surface area contributed by atoms with Gasteiger partial charge in [-0.15, -0.1) is 0 Å². The largest absolute Gasteiger partial charge is 0.493 e. The van der Waals surface area contributed by atoms with Gasteiger partial charge >= 0.3 is 0 Å². The summed E-state index contributed by atoms with van der Waals surface area (Å²) in [6.45, 7) is 5.83. The Morgan fingerprint density at radius 1 is 1.12 bits per heavy atom. The molecule has 1 aliphatic rings. The van der Waals surface area contributed by atoms with Crippen LogP contribution in [0, 0.1) is 23.2 Å². The van der Waals surface area contributed by atoms with Gasteiger partial charge in [0.2, 0.25) is 0 Å². The Labute approximate surface area is 203 Å². The van der Waals surface area contributed by atoms with Gasteiger partial charge in [0.15, 0.2) is 0 Å². The Balaban J connectivity index is 1.50. The molecule has 7 nitrogen and oxygen atoms in total. The molecule has 1 fully saturated rings. The van der Waals surface area contributed by atoms with Crippen molar-refractivity contribution in [1.29, 1.82) is 5.26 Å². The van der Waals surface area contributed by atoms with Crippen molar-refractivity contribution in [2.45, 2.75) is 18.2 Å². The lowest BCUT2D eigenvalue weighted by Gasteiger charge is -2.17. The molecule has 1 aliphatic heterocycles. The monoisotopic (exact) mass is 503 g/mol. The van der Waals surface area contributed by atoms with Crippen LogP contribution in [0.15, 0.2) is 57.8 Å². The average molecular weight is 504 g/mol. The van der Waals surface area contributed by atoms with Crippen molar-refractivity contribution in [1.82, 2.24) is 4.90 Å². The Morgan fingerprint density at radius 3 is 2.53 bits per heavy atom. The number of hydrogen-bond acceptors (Lipinski definition) is 7. The van der Waals surface area contributed by atoms with E-state index in [0.717, 1.165) is 32.3 Å². The van der Waals surface area contributed by atoms with E-state index in [-0.39, 0.29) is 12.3 Å². The maximum absolute atomic E-state index is 12.8. The normalized spacial score (nSPS) is 20.4. The summed E-state index contributed by atoms with van der Waals surface area (Å²) >= 11 is 0. The Morgan fingerprint density at radius 2 is 1.85 bits per heavy atom. The molecule has 0 saturated carbocycles. The number of nitriles is 1. The van der Waals surface area contributed by atoms with E-state index >= 15 is 0 Å². The van der Waals surface area contributed by atoms with Crippen LogP contribution < -0.4 is 4.74 Å². The van der Waals surface area contributed by atoms with Gasteiger partial charge in [-0.1, -0.05) is 19.1 Å². The number of benzene rings is 2. The van der Waals surface area contributed by atoms with E-state index in [0.29, 0.717) is 34.7 Å². The maximum atomic E-state index is 12.8. The summed E-state index contributed by atoms with van der Waals surface area (Å²) in [5, 5.41) is 9.07. The molecule has 0 aliphatic carbocycles. The van der Waals surface area contributed by atoms with Crippen LogP contribution in [0.2, 0.25) is 0 Å². The van der Waals surface area contributed by atoms with Gasteiger partial charge in [0.1, 0.15) is 15.6 Å². The van der Waals surface area contributed by atoms with Crippen LogP contribution in [0.5, 0.6) is 5.75 Å². The number of hydrogen-bond donors (Lipinski definition) is 0. The van der Waals surface area contributed by atoms with E-state index in [1.54, 1.807) is 24.3 Å². The first-order valence-corrected chi connectivity index (χ1v) is 15.3. The molecule has 0 radical (unpaired) electrons. The molecule has 184 valence electrons. The molecule has 2 aromatic carbocycles. The molecule has 3 atom stereocenters. The second kappa shape index (κ2) is 11.3. The van der Waals surface area contributed by atoms with Crippen LogP contribution in [-0.4, -0.2) is 68.6 Å². The van der Waals surface area contributed by atoms with Gasteiger partial charge in [0.25, 0.3) is 0 Å². The molecule has 1 unspecified atom stereocenters. The van der Waals surface area contributed by atoms with Crippen LogP contribution in [0.3, 0.4) is 0 Å². The second-order valence-electron chi connectivity index (χ2n) is 9.13. The fourth-order valence-electron chi connectivity index (χ4n) is 4.07. The smallest absolute Gasteiger partial charge is 0.149 e. The van der Waals surface area contributed by atoms with Crippen LogP contribution in [0.1, 0.15) is 18.1 Å². The molecule has 9 heteroatoms. The molecule has 0 bridgehead atoms. The van der Waals surface area contributed by atoms with Crippen molar-refractivity contribution >= 4 is 19.6 Å². The van der Waals surface area contributed by atoms with Crippen molar-refractivity contribution < 1.29 is 17.4 Å². The summed E-state index contributed by atoms with van der Waals surface area (Å²) in [7, 11) is -5.78. The highest BCUT2D eigenvalue weighted by Gasteiger charge is 2.29. The molecule has 1 heterocycles. The highest BCUT2D eigenvalue weighted by molar-refractivity contribution is 7.93. The molecule has 0 amide bonds. The summed E-state index contributed by atoms with van der Waals surface area (Å²) in [6, 6.07) is 17.0. The van der Waals surface area contributed by atoms with Crippen LogP contribution in [-0.2, 0) is 26.0 Å². The number of likely N-dealkylation sites (tertiary alicyclic amines) is 1. The fourth-order valence-corrected chi connectivity index (χ4v) is 5.84. The maximum Gasteiger partial charge on any atom is 0.149 e. The lowest BCUT2D eigenvalue weighted by molar-refractivity contribution is 0.225. The van der Waals surface area contributed by atoms with E-state index in [4.69, 9.17) is 10.00 Å². The molecule has 34 heavy (non-hydrogen) atoms. The Kier molecular flexibility index (Phi) is 8.74. The van der Waals surface area contributed by atoms with Gasteiger partial charge in [-0.3, -0.25) is 0 Å². The summed E-state index contributed by atoms with van der Waals surface area (Å²) in [6.07, 6.45) is 3.59. The standard InChI is InChI=1S/C25H33N3O4S2/c1-20-17-28(13-11-21-5-4-6-22(15-21)16-26)18-23(20)19-32-24-7-9-25(10-8-24)34(3,31)27-12-14-33(2,29)30/h4-10,15,20,23H,11-14,17-19H2,1-3H3/t20-,23+,34?/m1/s1. The Hall–Kier alpha value is -2.41. The molecule has 1 saturated heterocycles. The minimum absolute atomic E-state index is 0.0201. The predicted molar refractivity (Wildman–Crippen MR) is 135 cm³/mol. The van der Waals surface area contributed by atoms with E-state index in [1.165, 1.54) is 11.8 Å². The highest BCUT2D eigenvalue weighted by atomic mass is 32.2. The fraction of sp³-hybridized carbons (Fsp3) is 0.480. The third-order valence-electron chi connectivity index (χ3n) is 6.14. The van der Waals surface area contributed by atoms with Crippen molar-refractivity contribution in [3.05, 3.63) is 59.7 Å². The van der Waals surface area contributed by atoms with Gasteiger partial charge in [0, 0.05) is 43.0 Å². The van der Waals surface area contributed by atoms with E-state index in [9.17, 15) is 12.6 Å². The number of ether oxygens (including phenoxy) is 1. The third kappa shape index (κ3) is 7.83. The van der Waals surface area contributed by atoms with E-state index < -0.39 is 19.6 Å². The molecular weight excluding hydrogens is 470 g/mol. The molecular formula is C25H33N3O4S2. The topological polar surface area (TPSA) is 99.8 Å². The van der Waals surface area contributed by atoms with Crippen molar-refractivity contribution in [3.63, 3.8) is 0 Å². The average Bonchev–Trinajstić information content (AvgIpc) is 3.15. The van der Waals surface area contributed by atoms with Gasteiger partial charge in [-0.2, -0.15) is 5.26 Å². The van der Waals surface area contributed by atoms with Crippen molar-refractivity contribution in [2.24, 2.45) is 16.2 Å². The quantitative estimate of drug-likeness (QED) is 0.493. The zero-order valence-corrected chi connectivity index (χ0v) is 21.6. The molecule has 2 aromatic rings. The number of sulfone groups is 1. The second-order valence-corrected chi connectivity index (χ2v) is 13.7. The first kappa shape index (κ1) is 26.2. The van der Waals surface area contributed by atoms with Crippen LogP contribution in [0.4, 0.5) is 0 Å². The number of rotatable bonds is 10. The van der Waals surface area contributed by atoms with Gasteiger partial charge in [0.05, 0.1) is 40.3 Å².